The van der Waals surface area contributed by atoms with Gasteiger partial charge in [-0.15, -0.1) is 11.3 Å². The molecule has 2 saturated heterocycles. The summed E-state index contributed by atoms with van der Waals surface area (Å²) in [6.45, 7) is 5.66. The second-order valence-corrected chi connectivity index (χ2v) is 9.11. The van der Waals surface area contributed by atoms with Crippen molar-refractivity contribution in [1.82, 2.24) is 20.2 Å². The molecule has 30 heavy (non-hydrogen) atoms. The SMILES string of the molecule is Cc1ccc(N2C(=O)C3(CCN(C(C)c4ccc5scnc5c4)CC3)NC2O)cn1. The Morgan fingerprint density at radius 1 is 1.23 bits per heavy atom. The summed E-state index contributed by atoms with van der Waals surface area (Å²) in [5, 5.41) is 13.8. The van der Waals surface area contributed by atoms with Crippen LogP contribution in [0.2, 0.25) is 0 Å². The first kappa shape index (κ1) is 19.6. The van der Waals surface area contributed by atoms with Gasteiger partial charge in [0.15, 0.2) is 6.35 Å². The van der Waals surface area contributed by atoms with Crippen LogP contribution in [0.5, 0.6) is 0 Å². The number of piperidine rings is 1. The largest absolute Gasteiger partial charge is 0.360 e. The lowest BCUT2D eigenvalue weighted by Crippen LogP contribution is -2.55. The molecule has 2 aliphatic heterocycles. The standard InChI is InChI=1S/C22H25N5O2S/c1-14-3-5-17(12-23-14)27-20(28)22(25-21(27)29)7-9-26(10-8-22)15(2)16-4-6-19-18(11-16)24-13-30-19/h3-6,11-13,15,21,25,29H,7-10H2,1-2H3. The number of thiazole rings is 1. The number of aliphatic hydroxyl groups is 1. The first-order valence-electron chi connectivity index (χ1n) is 10.3. The number of aromatic nitrogens is 2. The summed E-state index contributed by atoms with van der Waals surface area (Å²) in [5.74, 6) is -0.0724. The number of hydrogen-bond donors (Lipinski definition) is 2. The minimum Gasteiger partial charge on any atom is -0.360 e. The van der Waals surface area contributed by atoms with E-state index in [2.05, 4.69) is 45.3 Å². The van der Waals surface area contributed by atoms with E-state index in [9.17, 15) is 9.90 Å². The molecule has 0 radical (unpaired) electrons. The molecule has 2 aromatic heterocycles. The number of fused-ring (bicyclic) bond motifs is 1. The van der Waals surface area contributed by atoms with E-state index in [1.165, 1.54) is 15.2 Å². The van der Waals surface area contributed by atoms with E-state index in [1.807, 2.05) is 24.6 Å². The molecule has 2 atom stereocenters. The second-order valence-electron chi connectivity index (χ2n) is 8.22. The fourth-order valence-corrected chi connectivity index (χ4v) is 5.23. The maximum Gasteiger partial charge on any atom is 0.250 e. The van der Waals surface area contributed by atoms with E-state index in [0.717, 1.165) is 24.3 Å². The number of carbonyl (C=O) groups excluding carboxylic acids is 1. The molecule has 8 heteroatoms. The number of amides is 1. The summed E-state index contributed by atoms with van der Waals surface area (Å²) in [4.78, 5) is 25.8. The summed E-state index contributed by atoms with van der Waals surface area (Å²) in [7, 11) is 0. The topological polar surface area (TPSA) is 81.6 Å². The zero-order valence-electron chi connectivity index (χ0n) is 17.1. The Kier molecular flexibility index (Phi) is 4.82. The number of aliphatic hydroxyl groups excluding tert-OH is 1. The summed E-state index contributed by atoms with van der Waals surface area (Å²) < 4.78 is 1.20. The Morgan fingerprint density at radius 3 is 2.77 bits per heavy atom. The Bertz CT molecular complexity index is 1070. The van der Waals surface area contributed by atoms with Gasteiger partial charge in [-0.1, -0.05) is 6.07 Å². The van der Waals surface area contributed by atoms with Crippen LogP contribution in [0.25, 0.3) is 10.2 Å². The molecular weight excluding hydrogens is 398 g/mol. The quantitative estimate of drug-likeness (QED) is 0.674. The molecule has 0 saturated carbocycles. The smallest absolute Gasteiger partial charge is 0.250 e. The Morgan fingerprint density at radius 2 is 2.03 bits per heavy atom. The molecule has 0 bridgehead atoms. The third kappa shape index (κ3) is 3.20. The van der Waals surface area contributed by atoms with Gasteiger partial charge >= 0.3 is 0 Å². The minimum atomic E-state index is -1.03. The lowest BCUT2D eigenvalue weighted by Gasteiger charge is -2.40. The van der Waals surface area contributed by atoms with Gasteiger partial charge in [-0.2, -0.15) is 0 Å². The van der Waals surface area contributed by atoms with Crippen LogP contribution in [0.15, 0.2) is 42.0 Å². The zero-order chi connectivity index (χ0) is 20.9. The highest BCUT2D eigenvalue weighted by atomic mass is 32.1. The van der Waals surface area contributed by atoms with Gasteiger partial charge in [0, 0.05) is 24.8 Å². The number of aryl methyl sites for hydroxylation is 1. The normalized spacial score (nSPS) is 22.8. The molecule has 1 amide bonds. The Hall–Kier alpha value is -2.39. The lowest BCUT2D eigenvalue weighted by molar-refractivity contribution is -0.124. The number of likely N-dealkylation sites (tertiary alicyclic amines) is 1. The molecule has 2 aliphatic rings. The highest BCUT2D eigenvalue weighted by molar-refractivity contribution is 7.16. The number of benzene rings is 1. The van der Waals surface area contributed by atoms with Crippen LogP contribution < -0.4 is 10.2 Å². The number of anilines is 1. The number of pyridine rings is 1. The van der Waals surface area contributed by atoms with Gasteiger partial charge in [0.2, 0.25) is 0 Å². The van der Waals surface area contributed by atoms with E-state index >= 15 is 0 Å². The third-order valence-electron chi connectivity index (χ3n) is 6.49. The van der Waals surface area contributed by atoms with Crippen LogP contribution in [-0.2, 0) is 4.79 Å². The molecule has 4 heterocycles. The molecule has 7 nitrogen and oxygen atoms in total. The maximum atomic E-state index is 13.3. The monoisotopic (exact) mass is 423 g/mol. The van der Waals surface area contributed by atoms with Crippen molar-refractivity contribution in [2.75, 3.05) is 18.0 Å². The van der Waals surface area contributed by atoms with Gasteiger partial charge in [0.1, 0.15) is 5.54 Å². The van der Waals surface area contributed by atoms with Crippen LogP contribution in [-0.4, -0.2) is 50.9 Å². The zero-order valence-corrected chi connectivity index (χ0v) is 17.9. The Balaban J connectivity index is 1.31. The maximum absolute atomic E-state index is 13.3. The minimum absolute atomic E-state index is 0.0724. The van der Waals surface area contributed by atoms with E-state index < -0.39 is 11.9 Å². The molecule has 3 aromatic rings. The van der Waals surface area contributed by atoms with Crippen LogP contribution in [0.3, 0.4) is 0 Å². The average Bonchev–Trinajstić information content (AvgIpc) is 3.31. The van der Waals surface area contributed by atoms with Crippen molar-refractivity contribution in [2.45, 2.75) is 44.6 Å². The number of rotatable bonds is 3. The summed E-state index contributed by atoms with van der Waals surface area (Å²) in [6, 6.07) is 10.4. The summed E-state index contributed by atoms with van der Waals surface area (Å²) in [6.07, 6.45) is 1.92. The fourth-order valence-electron chi connectivity index (χ4n) is 4.57. The second kappa shape index (κ2) is 7.39. The van der Waals surface area contributed by atoms with Crippen LogP contribution in [0, 0.1) is 6.92 Å². The first-order valence-corrected chi connectivity index (χ1v) is 11.1. The van der Waals surface area contributed by atoms with Crippen molar-refractivity contribution in [1.29, 1.82) is 0 Å². The van der Waals surface area contributed by atoms with Crippen LogP contribution >= 0.6 is 11.3 Å². The van der Waals surface area contributed by atoms with E-state index in [4.69, 9.17) is 0 Å². The first-order chi connectivity index (χ1) is 14.5. The van der Waals surface area contributed by atoms with Crippen molar-refractivity contribution >= 4 is 33.1 Å². The van der Waals surface area contributed by atoms with Crippen molar-refractivity contribution in [3.63, 3.8) is 0 Å². The molecule has 1 aromatic carbocycles. The molecule has 2 unspecified atom stereocenters. The van der Waals surface area contributed by atoms with E-state index in [1.54, 1.807) is 17.5 Å². The molecule has 0 aliphatic carbocycles. The van der Waals surface area contributed by atoms with E-state index in [-0.39, 0.29) is 11.9 Å². The molecule has 1 spiro atoms. The number of carbonyl (C=O) groups is 1. The molecule has 2 fully saturated rings. The lowest BCUT2D eigenvalue weighted by atomic mass is 9.86. The van der Waals surface area contributed by atoms with Crippen molar-refractivity contribution < 1.29 is 9.90 Å². The van der Waals surface area contributed by atoms with Gasteiger partial charge < -0.3 is 5.11 Å². The summed E-state index contributed by atoms with van der Waals surface area (Å²) in [5.41, 5.74) is 4.93. The van der Waals surface area contributed by atoms with Crippen LogP contribution in [0.1, 0.15) is 37.1 Å². The third-order valence-corrected chi connectivity index (χ3v) is 7.30. The van der Waals surface area contributed by atoms with Gasteiger partial charge in [-0.05, 0) is 56.5 Å². The highest BCUT2D eigenvalue weighted by Gasteiger charge is 2.52. The van der Waals surface area contributed by atoms with Gasteiger partial charge in [0.25, 0.3) is 5.91 Å². The Labute approximate surface area is 179 Å². The summed E-state index contributed by atoms with van der Waals surface area (Å²) >= 11 is 1.65. The number of nitrogens with zero attached hydrogens (tertiary/aromatic N) is 4. The van der Waals surface area contributed by atoms with Crippen LogP contribution in [0.4, 0.5) is 5.69 Å². The predicted molar refractivity (Wildman–Crippen MR) is 117 cm³/mol. The van der Waals surface area contributed by atoms with Gasteiger partial charge in [-0.3, -0.25) is 24.9 Å². The highest BCUT2D eigenvalue weighted by Crippen LogP contribution is 2.36. The van der Waals surface area contributed by atoms with Crippen molar-refractivity contribution in [3.8, 4) is 0 Å². The van der Waals surface area contributed by atoms with Gasteiger partial charge in [0.05, 0.1) is 27.6 Å². The number of nitrogens with one attached hydrogen (secondary N) is 1. The molecule has 2 N–H and O–H groups in total. The fraction of sp³-hybridized carbons (Fsp3) is 0.409. The van der Waals surface area contributed by atoms with Gasteiger partial charge in [-0.25, -0.2) is 4.98 Å². The molecular formula is C22H25N5O2S. The van der Waals surface area contributed by atoms with E-state index in [0.29, 0.717) is 18.5 Å². The number of hydrogen-bond acceptors (Lipinski definition) is 7. The van der Waals surface area contributed by atoms with Crippen molar-refractivity contribution in [3.05, 3.63) is 53.3 Å². The molecule has 5 rings (SSSR count). The van der Waals surface area contributed by atoms with Crippen molar-refractivity contribution in [2.24, 2.45) is 0 Å². The average molecular weight is 424 g/mol. The predicted octanol–water partition coefficient (Wildman–Crippen LogP) is 2.81. The molecule has 156 valence electrons.